The topological polar surface area (TPSA) is 70.8 Å². The van der Waals surface area contributed by atoms with Crippen molar-refractivity contribution in [3.05, 3.63) is 34.8 Å². The number of nitriles is 1. The van der Waals surface area contributed by atoms with Crippen LogP contribution in [0.5, 0.6) is 0 Å². The molecule has 0 unspecified atom stereocenters. The average molecular weight is 302 g/mol. The van der Waals surface area contributed by atoms with Gasteiger partial charge in [0.25, 0.3) is 0 Å². The molecule has 6 heteroatoms. The number of benzene rings is 1. The molecule has 0 saturated carbocycles. The number of ether oxygens (including phenoxy) is 1. The maximum Gasteiger partial charge on any atom is 0.147 e. The first kappa shape index (κ1) is 15.6. The van der Waals surface area contributed by atoms with Crippen molar-refractivity contribution in [2.75, 3.05) is 26.8 Å². The lowest BCUT2D eigenvalue weighted by Crippen LogP contribution is -2.20. The molecule has 0 aliphatic heterocycles. The van der Waals surface area contributed by atoms with Crippen LogP contribution in [0.2, 0.25) is 0 Å². The molecular formula is C15H18N4OS. The van der Waals surface area contributed by atoms with Crippen molar-refractivity contribution in [1.82, 2.24) is 15.5 Å². The summed E-state index contributed by atoms with van der Waals surface area (Å²) in [5, 5.41) is 22.5. The second-order valence-corrected chi connectivity index (χ2v) is 5.60. The molecule has 21 heavy (non-hydrogen) atoms. The van der Waals surface area contributed by atoms with Crippen molar-refractivity contribution in [2.45, 2.75) is 12.8 Å². The van der Waals surface area contributed by atoms with E-state index < -0.39 is 0 Å². The SMILES string of the molecule is COCCNCCCc1nnc(-c2cccc(C#N)c2)s1. The third-order valence-corrected chi connectivity index (χ3v) is 3.96. The van der Waals surface area contributed by atoms with E-state index in [1.807, 2.05) is 18.2 Å². The van der Waals surface area contributed by atoms with Gasteiger partial charge in [-0.05, 0) is 25.1 Å². The number of nitrogens with zero attached hydrogens (tertiary/aromatic N) is 3. The highest BCUT2D eigenvalue weighted by molar-refractivity contribution is 7.14. The Balaban J connectivity index is 1.85. The molecule has 110 valence electrons. The van der Waals surface area contributed by atoms with Gasteiger partial charge in [-0.1, -0.05) is 23.5 Å². The molecule has 0 saturated heterocycles. The highest BCUT2D eigenvalue weighted by Crippen LogP contribution is 2.24. The zero-order valence-electron chi connectivity index (χ0n) is 12.0. The van der Waals surface area contributed by atoms with Gasteiger partial charge in [0.1, 0.15) is 10.0 Å². The summed E-state index contributed by atoms with van der Waals surface area (Å²) in [4.78, 5) is 0. The van der Waals surface area contributed by atoms with Gasteiger partial charge < -0.3 is 10.1 Å². The fourth-order valence-electron chi connectivity index (χ4n) is 1.86. The molecule has 1 aromatic heterocycles. The lowest BCUT2D eigenvalue weighted by molar-refractivity contribution is 0.199. The van der Waals surface area contributed by atoms with Crippen molar-refractivity contribution >= 4 is 11.3 Å². The summed E-state index contributed by atoms with van der Waals surface area (Å²) < 4.78 is 4.97. The first-order chi connectivity index (χ1) is 10.3. The summed E-state index contributed by atoms with van der Waals surface area (Å²) >= 11 is 1.59. The first-order valence-electron chi connectivity index (χ1n) is 6.86. The fourth-order valence-corrected chi connectivity index (χ4v) is 2.73. The van der Waals surface area contributed by atoms with Gasteiger partial charge in [0, 0.05) is 25.6 Å². The minimum atomic E-state index is 0.645. The average Bonchev–Trinajstić information content (AvgIpc) is 3.00. The van der Waals surface area contributed by atoms with E-state index in [0.29, 0.717) is 5.56 Å². The first-order valence-corrected chi connectivity index (χ1v) is 7.67. The minimum Gasteiger partial charge on any atom is -0.383 e. The third-order valence-electron chi connectivity index (χ3n) is 2.93. The molecule has 1 heterocycles. The van der Waals surface area contributed by atoms with E-state index in [1.165, 1.54) is 0 Å². The molecule has 0 aliphatic rings. The van der Waals surface area contributed by atoms with Crippen LogP contribution in [0.3, 0.4) is 0 Å². The van der Waals surface area contributed by atoms with Crippen LogP contribution in [-0.2, 0) is 11.2 Å². The van der Waals surface area contributed by atoms with Crippen molar-refractivity contribution in [2.24, 2.45) is 0 Å². The molecule has 0 fully saturated rings. The van der Waals surface area contributed by atoms with Crippen LogP contribution in [0, 0.1) is 11.3 Å². The number of methoxy groups -OCH3 is 1. The Morgan fingerprint density at radius 1 is 1.33 bits per heavy atom. The van der Waals surface area contributed by atoms with Crippen LogP contribution in [-0.4, -0.2) is 37.0 Å². The molecule has 0 atom stereocenters. The predicted octanol–water partition coefficient (Wildman–Crippen LogP) is 2.25. The summed E-state index contributed by atoms with van der Waals surface area (Å²) in [5.74, 6) is 0. The number of aromatic nitrogens is 2. The van der Waals surface area contributed by atoms with E-state index in [2.05, 4.69) is 21.6 Å². The van der Waals surface area contributed by atoms with Crippen molar-refractivity contribution in [1.29, 1.82) is 5.26 Å². The maximum atomic E-state index is 8.92. The van der Waals surface area contributed by atoms with Gasteiger partial charge in [0.2, 0.25) is 0 Å². The van der Waals surface area contributed by atoms with Crippen LogP contribution in [0.4, 0.5) is 0 Å². The molecule has 0 spiro atoms. The smallest absolute Gasteiger partial charge is 0.147 e. The lowest BCUT2D eigenvalue weighted by Gasteiger charge is -2.01. The number of aryl methyl sites for hydroxylation is 1. The molecular weight excluding hydrogens is 284 g/mol. The van der Waals surface area contributed by atoms with Gasteiger partial charge in [-0.3, -0.25) is 0 Å². The van der Waals surface area contributed by atoms with E-state index in [0.717, 1.165) is 48.1 Å². The Morgan fingerprint density at radius 2 is 2.24 bits per heavy atom. The molecule has 0 bridgehead atoms. The summed E-state index contributed by atoms with van der Waals surface area (Å²) in [6.07, 6.45) is 1.94. The standard InChI is InChI=1S/C15H18N4OS/c1-20-9-8-17-7-3-6-14-18-19-15(21-14)13-5-2-4-12(10-13)11-16/h2,4-5,10,17H,3,6-9H2,1H3. The Morgan fingerprint density at radius 3 is 3.05 bits per heavy atom. The highest BCUT2D eigenvalue weighted by Gasteiger charge is 2.07. The van der Waals surface area contributed by atoms with Crippen LogP contribution >= 0.6 is 11.3 Å². The molecule has 2 aromatic rings. The molecule has 0 aliphatic carbocycles. The van der Waals surface area contributed by atoms with Crippen LogP contribution in [0.25, 0.3) is 10.6 Å². The second kappa shape index (κ2) is 8.47. The van der Waals surface area contributed by atoms with Crippen molar-refractivity contribution in [3.8, 4) is 16.6 Å². The van der Waals surface area contributed by atoms with E-state index in [-0.39, 0.29) is 0 Å². The Bertz CT molecular complexity index is 606. The van der Waals surface area contributed by atoms with Crippen LogP contribution in [0.15, 0.2) is 24.3 Å². The molecule has 2 rings (SSSR count). The predicted molar refractivity (Wildman–Crippen MR) is 83.1 cm³/mol. The summed E-state index contributed by atoms with van der Waals surface area (Å²) in [7, 11) is 1.70. The second-order valence-electron chi connectivity index (χ2n) is 4.54. The van der Waals surface area contributed by atoms with E-state index >= 15 is 0 Å². The molecule has 5 nitrogen and oxygen atoms in total. The quantitative estimate of drug-likeness (QED) is 0.757. The van der Waals surface area contributed by atoms with Crippen LogP contribution in [0.1, 0.15) is 17.0 Å². The number of hydrogen-bond donors (Lipinski definition) is 1. The molecule has 1 N–H and O–H groups in total. The van der Waals surface area contributed by atoms with Gasteiger partial charge in [0.05, 0.1) is 18.2 Å². The molecule has 1 aromatic carbocycles. The largest absolute Gasteiger partial charge is 0.383 e. The zero-order chi connectivity index (χ0) is 14.9. The minimum absolute atomic E-state index is 0.645. The van der Waals surface area contributed by atoms with Crippen molar-refractivity contribution < 1.29 is 4.74 Å². The fraction of sp³-hybridized carbons (Fsp3) is 0.400. The van der Waals surface area contributed by atoms with Gasteiger partial charge in [0.15, 0.2) is 0 Å². The van der Waals surface area contributed by atoms with E-state index in [4.69, 9.17) is 10.00 Å². The molecule has 0 radical (unpaired) electrons. The number of nitrogens with one attached hydrogen (secondary N) is 1. The Hall–Kier alpha value is -1.81. The zero-order valence-corrected chi connectivity index (χ0v) is 12.8. The monoisotopic (exact) mass is 302 g/mol. The van der Waals surface area contributed by atoms with E-state index in [9.17, 15) is 0 Å². The summed E-state index contributed by atoms with van der Waals surface area (Å²) in [6, 6.07) is 9.60. The Kier molecular flexibility index (Phi) is 6.28. The third kappa shape index (κ3) is 4.90. The normalized spacial score (nSPS) is 10.5. The Labute approximate surface area is 128 Å². The lowest BCUT2D eigenvalue weighted by atomic mass is 10.1. The van der Waals surface area contributed by atoms with Crippen LogP contribution < -0.4 is 5.32 Å². The summed E-state index contributed by atoms with van der Waals surface area (Å²) in [6.45, 7) is 2.55. The molecule has 0 amide bonds. The van der Waals surface area contributed by atoms with Gasteiger partial charge in [-0.2, -0.15) is 5.26 Å². The maximum absolute atomic E-state index is 8.92. The number of rotatable bonds is 8. The van der Waals surface area contributed by atoms with E-state index in [1.54, 1.807) is 24.5 Å². The highest BCUT2D eigenvalue weighted by atomic mass is 32.1. The summed E-state index contributed by atoms with van der Waals surface area (Å²) in [5.41, 5.74) is 1.60. The van der Waals surface area contributed by atoms with Gasteiger partial charge in [-0.25, -0.2) is 0 Å². The van der Waals surface area contributed by atoms with Gasteiger partial charge >= 0.3 is 0 Å². The number of hydrogen-bond acceptors (Lipinski definition) is 6. The van der Waals surface area contributed by atoms with Crippen molar-refractivity contribution in [3.63, 3.8) is 0 Å². The van der Waals surface area contributed by atoms with Gasteiger partial charge in [-0.15, -0.1) is 10.2 Å².